The molecule has 0 aliphatic rings. The number of rotatable bonds is 8. The molecule has 1 aromatic carbocycles. The zero-order valence-corrected chi connectivity index (χ0v) is 16.6. The van der Waals surface area contributed by atoms with Crippen molar-refractivity contribution in [1.82, 2.24) is 14.9 Å². The van der Waals surface area contributed by atoms with E-state index in [0.29, 0.717) is 23.1 Å². The third kappa shape index (κ3) is 6.39. The van der Waals surface area contributed by atoms with E-state index >= 15 is 0 Å². The minimum absolute atomic E-state index is 0. The molecule has 1 aromatic rings. The number of amides is 1. The highest BCUT2D eigenvalue weighted by Gasteiger charge is 2.21. The molecule has 132 valence electrons. The maximum atomic E-state index is 12.1. The second-order valence-electron chi connectivity index (χ2n) is 4.94. The van der Waals surface area contributed by atoms with Crippen LogP contribution < -0.4 is 10.6 Å². The fourth-order valence-corrected chi connectivity index (χ4v) is 3.65. The van der Waals surface area contributed by atoms with Crippen LogP contribution in [0.15, 0.2) is 27.6 Å². The number of carbonyl (C=O) groups is 1. The Kier molecular flexibility index (Phi) is 9.95. The van der Waals surface area contributed by atoms with E-state index in [1.54, 1.807) is 0 Å². The molecule has 0 atom stereocenters. The Bertz CT molecular complexity index is 624. The lowest BCUT2D eigenvalue weighted by molar-refractivity contribution is 0.0953. The molecule has 0 radical (unpaired) electrons. The van der Waals surface area contributed by atoms with Crippen LogP contribution in [0.25, 0.3) is 0 Å². The number of nitrogens with one attached hydrogen (secondary N) is 2. The van der Waals surface area contributed by atoms with Gasteiger partial charge in [-0.2, -0.15) is 0 Å². The summed E-state index contributed by atoms with van der Waals surface area (Å²) in [4.78, 5) is 12.1. The van der Waals surface area contributed by atoms with Gasteiger partial charge in [-0.05, 0) is 47.1 Å². The summed E-state index contributed by atoms with van der Waals surface area (Å²) in [6.45, 7) is 4.22. The van der Waals surface area contributed by atoms with Crippen molar-refractivity contribution in [2.45, 2.75) is 18.2 Å². The van der Waals surface area contributed by atoms with Gasteiger partial charge in [0, 0.05) is 37.2 Å². The van der Waals surface area contributed by atoms with Crippen molar-refractivity contribution < 1.29 is 13.2 Å². The smallest absolute Gasteiger partial charge is 0.251 e. The van der Waals surface area contributed by atoms with Crippen molar-refractivity contribution in [3.05, 3.63) is 28.2 Å². The summed E-state index contributed by atoms with van der Waals surface area (Å²) in [5.41, 5.74) is 0.417. The molecule has 0 aliphatic heterocycles. The van der Waals surface area contributed by atoms with Crippen molar-refractivity contribution in [2.75, 3.05) is 33.7 Å². The standard InChI is InChI=1S/C14H22BrN3O3S.ClH/c1-4-7-16-8-9-17-14(19)11-5-6-13(12(15)10-11)22(20,21)18(2)3;/h5-6,10,16H,4,7-9H2,1-3H3,(H,17,19);1H. The third-order valence-electron chi connectivity index (χ3n) is 2.97. The molecule has 0 aliphatic carbocycles. The molecule has 1 amide bonds. The van der Waals surface area contributed by atoms with E-state index in [9.17, 15) is 13.2 Å². The molecule has 0 saturated heterocycles. The average Bonchev–Trinajstić information content (AvgIpc) is 2.46. The van der Waals surface area contributed by atoms with Crippen LogP contribution in [0.1, 0.15) is 23.7 Å². The van der Waals surface area contributed by atoms with Crippen LogP contribution in [0.2, 0.25) is 0 Å². The summed E-state index contributed by atoms with van der Waals surface area (Å²) < 4.78 is 25.7. The quantitative estimate of drug-likeness (QED) is 0.619. The van der Waals surface area contributed by atoms with Crippen molar-refractivity contribution in [3.63, 3.8) is 0 Å². The molecule has 1 rings (SSSR count). The van der Waals surface area contributed by atoms with Crippen molar-refractivity contribution in [1.29, 1.82) is 0 Å². The van der Waals surface area contributed by atoms with Gasteiger partial charge in [-0.25, -0.2) is 12.7 Å². The fraction of sp³-hybridized carbons (Fsp3) is 0.500. The molecular formula is C14H23BrClN3O3S. The van der Waals surface area contributed by atoms with E-state index in [2.05, 4.69) is 33.5 Å². The molecule has 0 heterocycles. The van der Waals surface area contributed by atoms with Gasteiger partial charge >= 0.3 is 0 Å². The summed E-state index contributed by atoms with van der Waals surface area (Å²) in [5.74, 6) is -0.229. The number of halogens is 2. The van der Waals surface area contributed by atoms with Gasteiger partial charge in [-0.3, -0.25) is 4.79 Å². The van der Waals surface area contributed by atoms with E-state index in [1.807, 2.05) is 0 Å². The SMILES string of the molecule is CCCNCCNC(=O)c1ccc(S(=O)(=O)N(C)C)c(Br)c1.Cl. The minimum Gasteiger partial charge on any atom is -0.351 e. The highest BCUT2D eigenvalue weighted by atomic mass is 79.9. The van der Waals surface area contributed by atoms with Crippen LogP contribution in [-0.2, 0) is 10.0 Å². The van der Waals surface area contributed by atoms with Crippen LogP contribution >= 0.6 is 28.3 Å². The first-order chi connectivity index (χ1) is 10.3. The number of hydrogen-bond donors (Lipinski definition) is 2. The highest BCUT2D eigenvalue weighted by molar-refractivity contribution is 9.10. The van der Waals surface area contributed by atoms with Gasteiger partial charge in [0.15, 0.2) is 0 Å². The topological polar surface area (TPSA) is 78.5 Å². The zero-order valence-electron chi connectivity index (χ0n) is 13.4. The van der Waals surface area contributed by atoms with Gasteiger partial charge in [0.05, 0.1) is 4.90 Å². The van der Waals surface area contributed by atoms with Crippen LogP contribution in [0.5, 0.6) is 0 Å². The van der Waals surface area contributed by atoms with Crippen LogP contribution in [0.3, 0.4) is 0 Å². The summed E-state index contributed by atoms with van der Waals surface area (Å²) in [6, 6.07) is 4.46. The summed E-state index contributed by atoms with van der Waals surface area (Å²) in [5, 5.41) is 5.97. The Hall–Kier alpha value is -0.670. The maximum Gasteiger partial charge on any atom is 0.251 e. The van der Waals surface area contributed by atoms with Crippen molar-refractivity contribution >= 4 is 44.3 Å². The highest BCUT2D eigenvalue weighted by Crippen LogP contribution is 2.25. The predicted molar refractivity (Wildman–Crippen MR) is 97.8 cm³/mol. The Morgan fingerprint density at radius 1 is 1.22 bits per heavy atom. The van der Waals surface area contributed by atoms with Gasteiger partial charge in [0.25, 0.3) is 5.91 Å². The van der Waals surface area contributed by atoms with Crippen LogP contribution in [-0.4, -0.2) is 52.4 Å². The summed E-state index contributed by atoms with van der Waals surface area (Å²) in [6.07, 6.45) is 1.04. The largest absolute Gasteiger partial charge is 0.351 e. The monoisotopic (exact) mass is 427 g/mol. The second-order valence-corrected chi connectivity index (χ2v) is 7.91. The summed E-state index contributed by atoms with van der Waals surface area (Å²) >= 11 is 3.22. The van der Waals surface area contributed by atoms with E-state index in [1.165, 1.54) is 32.3 Å². The number of benzene rings is 1. The molecule has 0 fully saturated rings. The molecule has 6 nitrogen and oxygen atoms in total. The molecule has 0 aromatic heterocycles. The van der Waals surface area contributed by atoms with Crippen LogP contribution in [0, 0.1) is 0 Å². The molecular weight excluding hydrogens is 406 g/mol. The minimum atomic E-state index is -3.53. The fourth-order valence-electron chi connectivity index (χ4n) is 1.72. The number of carbonyl (C=O) groups excluding carboxylic acids is 1. The molecule has 2 N–H and O–H groups in total. The Morgan fingerprint density at radius 3 is 2.39 bits per heavy atom. The first-order valence-corrected chi connectivity index (χ1v) is 9.25. The van der Waals surface area contributed by atoms with Gasteiger partial charge < -0.3 is 10.6 Å². The summed E-state index contributed by atoms with van der Waals surface area (Å²) in [7, 11) is -0.605. The Labute approximate surface area is 152 Å². The Morgan fingerprint density at radius 2 is 1.87 bits per heavy atom. The maximum absolute atomic E-state index is 12.1. The molecule has 9 heteroatoms. The van der Waals surface area contributed by atoms with Gasteiger partial charge in [0.2, 0.25) is 10.0 Å². The number of hydrogen-bond acceptors (Lipinski definition) is 4. The second kappa shape index (κ2) is 10.2. The lowest BCUT2D eigenvalue weighted by Crippen LogP contribution is -2.32. The first kappa shape index (κ1) is 22.3. The molecule has 23 heavy (non-hydrogen) atoms. The average molecular weight is 429 g/mol. The molecule has 0 spiro atoms. The number of sulfonamides is 1. The van der Waals surface area contributed by atoms with Crippen LogP contribution in [0.4, 0.5) is 0 Å². The third-order valence-corrected chi connectivity index (χ3v) is 5.76. The lowest BCUT2D eigenvalue weighted by Gasteiger charge is -2.13. The van der Waals surface area contributed by atoms with Gasteiger partial charge in [-0.15, -0.1) is 12.4 Å². The van der Waals surface area contributed by atoms with Crippen molar-refractivity contribution in [2.24, 2.45) is 0 Å². The van der Waals surface area contributed by atoms with E-state index in [4.69, 9.17) is 0 Å². The van der Waals surface area contributed by atoms with E-state index in [0.717, 1.165) is 17.3 Å². The lowest BCUT2D eigenvalue weighted by atomic mass is 10.2. The predicted octanol–water partition coefficient (Wildman–Crippen LogP) is 1.85. The van der Waals surface area contributed by atoms with E-state index < -0.39 is 10.0 Å². The van der Waals surface area contributed by atoms with Gasteiger partial charge in [-0.1, -0.05) is 6.92 Å². The van der Waals surface area contributed by atoms with Gasteiger partial charge in [0.1, 0.15) is 0 Å². The van der Waals surface area contributed by atoms with Crippen molar-refractivity contribution in [3.8, 4) is 0 Å². The number of nitrogens with zero attached hydrogens (tertiary/aromatic N) is 1. The normalized spacial score (nSPS) is 11.2. The Balaban J connectivity index is 0.00000484. The molecule has 0 unspecified atom stereocenters. The first-order valence-electron chi connectivity index (χ1n) is 7.01. The molecule has 0 saturated carbocycles. The molecule has 0 bridgehead atoms. The zero-order chi connectivity index (χ0) is 16.8. The van der Waals surface area contributed by atoms with E-state index in [-0.39, 0.29) is 23.2 Å².